The summed E-state index contributed by atoms with van der Waals surface area (Å²) in [6.45, 7) is 2.82. The molecule has 8 heteroatoms. The average molecular weight is 374 g/mol. The molecule has 1 aromatic heterocycles. The molecule has 4 rings (SSSR count). The van der Waals surface area contributed by atoms with E-state index in [0.717, 1.165) is 16.3 Å². The molecule has 2 fully saturated rings. The van der Waals surface area contributed by atoms with Gasteiger partial charge in [0.2, 0.25) is 11.8 Å². The van der Waals surface area contributed by atoms with Gasteiger partial charge in [-0.2, -0.15) is 0 Å². The minimum atomic E-state index is -0.449. The summed E-state index contributed by atoms with van der Waals surface area (Å²) < 4.78 is 13.0. The summed E-state index contributed by atoms with van der Waals surface area (Å²) in [5.74, 6) is -0.363. The monoisotopic (exact) mass is 374 g/mol. The maximum Gasteiger partial charge on any atom is 0.245 e. The van der Waals surface area contributed by atoms with Crippen LogP contribution in [-0.4, -0.2) is 46.4 Å². The van der Waals surface area contributed by atoms with E-state index >= 15 is 0 Å². The van der Waals surface area contributed by atoms with Crippen molar-refractivity contribution in [2.24, 2.45) is 0 Å². The van der Waals surface area contributed by atoms with Gasteiger partial charge in [-0.25, -0.2) is 9.37 Å². The fraction of sp³-hybridized carbons (Fsp3) is 0.389. The van der Waals surface area contributed by atoms with Gasteiger partial charge in [-0.15, -0.1) is 11.3 Å². The van der Waals surface area contributed by atoms with Crippen LogP contribution in [0.2, 0.25) is 0 Å². The summed E-state index contributed by atoms with van der Waals surface area (Å²) in [7, 11) is 0. The molecule has 26 heavy (non-hydrogen) atoms. The highest BCUT2D eigenvalue weighted by atomic mass is 32.1. The molecule has 3 heterocycles. The zero-order valence-electron chi connectivity index (χ0n) is 14.2. The third kappa shape index (κ3) is 3.22. The highest BCUT2D eigenvalue weighted by molar-refractivity contribution is 7.09. The minimum Gasteiger partial charge on any atom is -0.343 e. The standard InChI is InChI=1S/C18H19FN4O2S/c1-10-18(25)23-8-13(6-15(23)17(24)21-10)20-7-16-22-14(9-26-16)11-2-4-12(19)5-3-11/h2-5,9-10,13,15,20H,6-8H2,1H3,(H,21,24)/t10-,13-,15-/m0/s1. The quantitative estimate of drug-likeness (QED) is 0.851. The second-order valence-corrected chi connectivity index (χ2v) is 7.63. The number of hydrogen-bond acceptors (Lipinski definition) is 5. The van der Waals surface area contributed by atoms with Gasteiger partial charge in [0.15, 0.2) is 0 Å². The van der Waals surface area contributed by atoms with Gasteiger partial charge in [-0.3, -0.25) is 9.59 Å². The number of halogens is 1. The van der Waals surface area contributed by atoms with Crippen LogP contribution in [0.1, 0.15) is 18.4 Å². The number of carbonyl (C=O) groups excluding carboxylic acids is 2. The lowest BCUT2D eigenvalue weighted by Crippen LogP contribution is -2.60. The molecule has 0 bridgehead atoms. The molecule has 6 nitrogen and oxygen atoms in total. The third-order valence-corrected chi connectivity index (χ3v) is 5.70. The van der Waals surface area contributed by atoms with E-state index in [9.17, 15) is 14.0 Å². The fourth-order valence-corrected chi connectivity index (χ4v) is 4.23. The molecule has 2 N–H and O–H groups in total. The fourth-order valence-electron chi connectivity index (χ4n) is 3.47. The van der Waals surface area contributed by atoms with Crippen LogP contribution in [0.5, 0.6) is 0 Å². The molecule has 0 radical (unpaired) electrons. The predicted molar refractivity (Wildman–Crippen MR) is 95.9 cm³/mol. The number of aromatic nitrogens is 1. The van der Waals surface area contributed by atoms with E-state index in [-0.39, 0.29) is 29.7 Å². The van der Waals surface area contributed by atoms with E-state index < -0.39 is 6.04 Å². The number of piperazine rings is 1. The van der Waals surface area contributed by atoms with Crippen LogP contribution in [0.25, 0.3) is 11.3 Å². The first-order chi connectivity index (χ1) is 12.5. The van der Waals surface area contributed by atoms with Gasteiger partial charge in [0.1, 0.15) is 22.9 Å². The Hall–Kier alpha value is -2.32. The smallest absolute Gasteiger partial charge is 0.245 e. The summed E-state index contributed by atoms with van der Waals surface area (Å²) >= 11 is 1.53. The summed E-state index contributed by atoms with van der Waals surface area (Å²) in [6, 6.07) is 5.51. The molecule has 0 spiro atoms. The first-order valence-corrected chi connectivity index (χ1v) is 9.44. The van der Waals surface area contributed by atoms with Gasteiger partial charge in [-0.1, -0.05) is 0 Å². The van der Waals surface area contributed by atoms with E-state index in [1.165, 1.54) is 23.5 Å². The highest BCUT2D eigenvalue weighted by Gasteiger charge is 2.44. The number of carbonyl (C=O) groups is 2. The maximum absolute atomic E-state index is 13.0. The first kappa shape index (κ1) is 17.1. The summed E-state index contributed by atoms with van der Waals surface area (Å²) in [5.41, 5.74) is 1.70. The average Bonchev–Trinajstić information content (AvgIpc) is 3.26. The normalized spacial score (nSPS) is 25.3. The van der Waals surface area contributed by atoms with Gasteiger partial charge < -0.3 is 15.5 Å². The van der Waals surface area contributed by atoms with Crippen LogP contribution in [-0.2, 0) is 16.1 Å². The van der Waals surface area contributed by atoms with E-state index in [1.807, 2.05) is 5.38 Å². The van der Waals surface area contributed by atoms with Gasteiger partial charge in [0.05, 0.1) is 5.69 Å². The Morgan fingerprint density at radius 1 is 1.35 bits per heavy atom. The van der Waals surface area contributed by atoms with E-state index in [0.29, 0.717) is 19.5 Å². The second-order valence-electron chi connectivity index (χ2n) is 6.68. The summed E-state index contributed by atoms with van der Waals surface area (Å²) in [5, 5.41) is 8.98. The highest BCUT2D eigenvalue weighted by Crippen LogP contribution is 2.25. The van der Waals surface area contributed by atoms with Crippen molar-refractivity contribution in [3.05, 3.63) is 40.5 Å². The van der Waals surface area contributed by atoms with Crippen LogP contribution in [0, 0.1) is 5.82 Å². The van der Waals surface area contributed by atoms with Crippen molar-refractivity contribution in [3.8, 4) is 11.3 Å². The van der Waals surface area contributed by atoms with Crippen LogP contribution in [0.4, 0.5) is 4.39 Å². The SMILES string of the molecule is C[C@@H]1NC(=O)[C@@H]2C[C@H](NCc3nc(-c4ccc(F)cc4)cs3)CN2C1=O. The number of benzene rings is 1. The number of nitrogens with zero attached hydrogens (tertiary/aromatic N) is 2. The Kier molecular flexibility index (Phi) is 4.46. The molecule has 1 aromatic carbocycles. The Morgan fingerprint density at radius 3 is 2.88 bits per heavy atom. The molecule has 3 atom stereocenters. The van der Waals surface area contributed by atoms with E-state index in [1.54, 1.807) is 24.0 Å². The van der Waals surface area contributed by atoms with Gasteiger partial charge in [0.25, 0.3) is 0 Å². The first-order valence-electron chi connectivity index (χ1n) is 8.56. The zero-order valence-corrected chi connectivity index (χ0v) is 15.1. The topological polar surface area (TPSA) is 74.3 Å². The lowest BCUT2D eigenvalue weighted by molar-refractivity contribution is -0.146. The van der Waals surface area contributed by atoms with Crippen LogP contribution in [0.15, 0.2) is 29.6 Å². The number of hydrogen-bond donors (Lipinski definition) is 2. The molecule has 2 aromatic rings. The molecular weight excluding hydrogens is 355 g/mol. The lowest BCUT2D eigenvalue weighted by Gasteiger charge is -2.32. The summed E-state index contributed by atoms with van der Waals surface area (Å²) in [4.78, 5) is 30.5. The van der Waals surface area contributed by atoms with Crippen molar-refractivity contribution in [2.45, 2.75) is 38.0 Å². The largest absolute Gasteiger partial charge is 0.343 e. The molecule has 0 unspecified atom stereocenters. The lowest BCUT2D eigenvalue weighted by atomic mass is 10.1. The molecule has 0 saturated carbocycles. The van der Waals surface area contributed by atoms with Crippen LogP contribution >= 0.6 is 11.3 Å². The third-order valence-electron chi connectivity index (χ3n) is 4.85. The van der Waals surface area contributed by atoms with Gasteiger partial charge >= 0.3 is 0 Å². The number of fused-ring (bicyclic) bond motifs is 1. The number of amides is 2. The van der Waals surface area contributed by atoms with Crippen LogP contribution < -0.4 is 10.6 Å². The molecular formula is C18H19FN4O2S. The Morgan fingerprint density at radius 2 is 2.12 bits per heavy atom. The van der Waals surface area contributed by atoms with E-state index in [2.05, 4.69) is 15.6 Å². The van der Waals surface area contributed by atoms with Crippen molar-refractivity contribution in [2.75, 3.05) is 6.54 Å². The number of thiazole rings is 1. The zero-order chi connectivity index (χ0) is 18.3. The molecule has 2 saturated heterocycles. The van der Waals surface area contributed by atoms with Crippen molar-refractivity contribution in [1.82, 2.24) is 20.5 Å². The minimum absolute atomic E-state index is 0.0215. The molecule has 2 aliphatic rings. The van der Waals surface area contributed by atoms with Gasteiger partial charge in [-0.05, 0) is 37.6 Å². The Balaban J connectivity index is 1.37. The van der Waals surface area contributed by atoms with Crippen molar-refractivity contribution < 1.29 is 14.0 Å². The molecule has 0 aliphatic carbocycles. The number of rotatable bonds is 4. The summed E-state index contributed by atoms with van der Waals surface area (Å²) in [6.07, 6.45) is 0.612. The van der Waals surface area contributed by atoms with Crippen molar-refractivity contribution >= 4 is 23.2 Å². The molecule has 136 valence electrons. The predicted octanol–water partition coefficient (Wildman–Crippen LogP) is 1.53. The maximum atomic E-state index is 13.0. The molecule has 2 aliphatic heterocycles. The van der Waals surface area contributed by atoms with Crippen molar-refractivity contribution in [1.29, 1.82) is 0 Å². The van der Waals surface area contributed by atoms with Crippen LogP contribution in [0.3, 0.4) is 0 Å². The Bertz CT molecular complexity index is 838. The second kappa shape index (κ2) is 6.77. The van der Waals surface area contributed by atoms with Crippen molar-refractivity contribution in [3.63, 3.8) is 0 Å². The number of nitrogens with one attached hydrogen (secondary N) is 2. The Labute approximate surface area is 154 Å². The van der Waals surface area contributed by atoms with Gasteiger partial charge in [0, 0.05) is 30.1 Å². The van der Waals surface area contributed by atoms with E-state index in [4.69, 9.17) is 0 Å². The molecule has 2 amide bonds.